The highest BCUT2D eigenvalue weighted by atomic mass is 16.6. The summed E-state index contributed by atoms with van der Waals surface area (Å²) < 4.78 is 16.7. The predicted molar refractivity (Wildman–Crippen MR) is 145 cm³/mol. The van der Waals surface area contributed by atoms with Gasteiger partial charge in [0.1, 0.15) is 23.5 Å². The molecule has 2 unspecified atom stereocenters. The second-order valence-electron chi connectivity index (χ2n) is 10.0. The molecule has 0 radical (unpaired) electrons. The van der Waals surface area contributed by atoms with Crippen LogP contribution >= 0.6 is 0 Å². The van der Waals surface area contributed by atoms with Crippen LogP contribution in [-0.4, -0.2) is 67.7 Å². The van der Waals surface area contributed by atoms with Crippen LogP contribution in [0.4, 0.5) is 10.5 Å². The highest BCUT2D eigenvalue weighted by Gasteiger charge is 2.43. The number of likely N-dealkylation sites (tertiary alicyclic amines) is 1. The molecule has 1 aliphatic rings. The Labute approximate surface area is 218 Å². The zero-order valence-electron chi connectivity index (χ0n) is 22.1. The second kappa shape index (κ2) is 12.6. The first-order chi connectivity index (χ1) is 17.6. The zero-order chi connectivity index (χ0) is 27.0. The molecule has 2 aromatic carbocycles. The first kappa shape index (κ1) is 28.0. The van der Waals surface area contributed by atoms with Crippen molar-refractivity contribution in [1.82, 2.24) is 4.90 Å². The molecule has 0 saturated carbocycles. The van der Waals surface area contributed by atoms with E-state index < -0.39 is 29.8 Å². The van der Waals surface area contributed by atoms with E-state index in [2.05, 4.69) is 4.99 Å². The van der Waals surface area contributed by atoms with Gasteiger partial charge in [-0.15, -0.1) is 0 Å². The van der Waals surface area contributed by atoms with Crippen LogP contribution < -0.4 is 16.2 Å². The van der Waals surface area contributed by atoms with Crippen molar-refractivity contribution in [2.45, 2.75) is 57.8 Å². The third-order valence-corrected chi connectivity index (χ3v) is 5.91. The number of unbranched alkanes of at least 4 members (excludes halogenated alkanes) is 1. The topological polar surface area (TPSA) is 129 Å². The smallest absolute Gasteiger partial charge is 0.411 e. The van der Waals surface area contributed by atoms with Gasteiger partial charge in [0.15, 0.2) is 0 Å². The minimum absolute atomic E-state index is 0.206. The molecule has 0 aliphatic carbocycles. The molecule has 9 nitrogen and oxygen atoms in total. The number of carbonyl (C=O) groups is 2. The number of hydrogen-bond acceptors (Lipinski definition) is 8. The van der Waals surface area contributed by atoms with E-state index in [9.17, 15) is 9.59 Å². The fourth-order valence-electron chi connectivity index (χ4n) is 4.18. The average molecular weight is 511 g/mol. The SMILES string of the molecule is COC(=O)C1CC(Oc2cccc(-c3cccc(N)c3C=NCCCCN)c2)CN1C(=O)OC(C)(C)C. The highest BCUT2D eigenvalue weighted by Crippen LogP contribution is 2.31. The van der Waals surface area contributed by atoms with E-state index >= 15 is 0 Å². The fraction of sp³-hybridized carbons (Fsp3) is 0.464. The van der Waals surface area contributed by atoms with E-state index in [1.54, 1.807) is 20.8 Å². The molecule has 37 heavy (non-hydrogen) atoms. The third-order valence-electron chi connectivity index (χ3n) is 5.91. The van der Waals surface area contributed by atoms with Crippen molar-refractivity contribution >= 4 is 24.0 Å². The van der Waals surface area contributed by atoms with Crippen LogP contribution in [0.2, 0.25) is 0 Å². The van der Waals surface area contributed by atoms with Gasteiger partial charge < -0.3 is 25.7 Å². The lowest BCUT2D eigenvalue weighted by Gasteiger charge is -2.27. The molecule has 1 aliphatic heterocycles. The van der Waals surface area contributed by atoms with Crippen LogP contribution in [0.15, 0.2) is 47.5 Å². The number of nitrogens with two attached hydrogens (primary N) is 2. The van der Waals surface area contributed by atoms with E-state index in [-0.39, 0.29) is 6.54 Å². The van der Waals surface area contributed by atoms with Crippen molar-refractivity contribution in [2.24, 2.45) is 10.7 Å². The summed E-state index contributed by atoms with van der Waals surface area (Å²) in [7, 11) is 1.30. The van der Waals surface area contributed by atoms with Gasteiger partial charge in [-0.25, -0.2) is 9.59 Å². The minimum atomic E-state index is -0.774. The summed E-state index contributed by atoms with van der Waals surface area (Å²) in [5.41, 5.74) is 14.5. The summed E-state index contributed by atoms with van der Waals surface area (Å²) in [6.45, 7) is 6.89. The normalized spacial score (nSPS) is 17.7. The summed E-state index contributed by atoms with van der Waals surface area (Å²) in [6, 6.07) is 12.6. The van der Waals surface area contributed by atoms with Gasteiger partial charge in [-0.2, -0.15) is 0 Å². The number of carbonyl (C=O) groups excluding carboxylic acids is 2. The van der Waals surface area contributed by atoms with Crippen LogP contribution in [0, 0.1) is 0 Å². The molecule has 1 saturated heterocycles. The zero-order valence-corrected chi connectivity index (χ0v) is 22.1. The molecule has 1 fully saturated rings. The predicted octanol–water partition coefficient (Wildman–Crippen LogP) is 4.02. The van der Waals surface area contributed by atoms with E-state index in [1.807, 2.05) is 48.7 Å². The van der Waals surface area contributed by atoms with Crippen LogP contribution in [0.1, 0.15) is 45.6 Å². The number of benzene rings is 2. The van der Waals surface area contributed by atoms with Crippen molar-refractivity contribution in [3.8, 4) is 16.9 Å². The Morgan fingerprint density at radius 3 is 2.62 bits per heavy atom. The quantitative estimate of drug-likeness (QED) is 0.225. The molecular weight excluding hydrogens is 472 g/mol. The van der Waals surface area contributed by atoms with Crippen molar-refractivity contribution in [3.63, 3.8) is 0 Å². The Hall–Kier alpha value is -3.59. The number of aliphatic imine (C=N–C) groups is 1. The van der Waals surface area contributed by atoms with E-state index in [0.29, 0.717) is 30.9 Å². The number of ether oxygens (including phenoxy) is 3. The first-order valence-corrected chi connectivity index (χ1v) is 12.6. The monoisotopic (exact) mass is 510 g/mol. The number of esters is 1. The number of anilines is 1. The van der Waals surface area contributed by atoms with Crippen LogP contribution in [0.5, 0.6) is 5.75 Å². The Bertz CT molecular complexity index is 1110. The maximum absolute atomic E-state index is 12.8. The van der Waals surface area contributed by atoms with E-state index in [0.717, 1.165) is 29.5 Å². The number of methoxy groups -OCH3 is 1. The number of nitrogens with zero attached hydrogens (tertiary/aromatic N) is 2. The number of rotatable bonds is 9. The molecule has 2 aromatic rings. The van der Waals surface area contributed by atoms with Crippen molar-refractivity contribution in [3.05, 3.63) is 48.0 Å². The average Bonchev–Trinajstić information content (AvgIpc) is 3.27. The lowest BCUT2D eigenvalue weighted by Crippen LogP contribution is -2.44. The lowest BCUT2D eigenvalue weighted by atomic mass is 9.98. The molecular formula is C28H38N4O5. The summed E-state index contributed by atoms with van der Waals surface area (Å²) in [5, 5.41) is 0. The van der Waals surface area contributed by atoms with Gasteiger partial charge in [0, 0.05) is 30.4 Å². The molecule has 3 rings (SSSR count). The summed E-state index contributed by atoms with van der Waals surface area (Å²) in [6.07, 6.45) is 2.99. The maximum Gasteiger partial charge on any atom is 0.411 e. The Balaban J connectivity index is 1.79. The highest BCUT2D eigenvalue weighted by molar-refractivity contribution is 5.96. The Kier molecular flexibility index (Phi) is 9.52. The van der Waals surface area contributed by atoms with Crippen molar-refractivity contribution < 1.29 is 23.8 Å². The van der Waals surface area contributed by atoms with E-state index in [4.69, 9.17) is 25.7 Å². The standard InChI is InChI=1S/C28H38N4O5/c1-28(2,3)37-27(34)32-18-21(16-25(32)26(33)35-4)36-20-10-7-9-19(15-20)22-11-8-12-24(30)23(22)17-31-14-6-5-13-29/h7-12,15,17,21,25H,5-6,13-14,16,18,29-30H2,1-4H3. The van der Waals surface area contributed by atoms with Gasteiger partial charge in [0.05, 0.1) is 13.7 Å². The van der Waals surface area contributed by atoms with Crippen LogP contribution in [0.25, 0.3) is 11.1 Å². The van der Waals surface area contributed by atoms with Gasteiger partial charge in [0.25, 0.3) is 0 Å². The van der Waals surface area contributed by atoms with Crippen molar-refractivity contribution in [1.29, 1.82) is 0 Å². The molecule has 200 valence electrons. The molecule has 0 spiro atoms. The number of amides is 1. The third kappa shape index (κ3) is 7.69. The lowest BCUT2D eigenvalue weighted by molar-refractivity contribution is -0.145. The van der Waals surface area contributed by atoms with E-state index in [1.165, 1.54) is 12.0 Å². The van der Waals surface area contributed by atoms with Gasteiger partial charge >= 0.3 is 12.1 Å². The summed E-state index contributed by atoms with van der Waals surface area (Å²) in [4.78, 5) is 31.0. The molecule has 0 aromatic heterocycles. The first-order valence-electron chi connectivity index (χ1n) is 12.6. The summed E-state index contributed by atoms with van der Waals surface area (Å²) in [5.74, 6) is 0.117. The molecule has 4 N–H and O–H groups in total. The Morgan fingerprint density at radius 2 is 1.92 bits per heavy atom. The van der Waals surface area contributed by atoms with Gasteiger partial charge in [-0.1, -0.05) is 24.3 Å². The van der Waals surface area contributed by atoms with Crippen LogP contribution in [0.3, 0.4) is 0 Å². The number of nitrogen functional groups attached to an aromatic ring is 1. The molecule has 2 atom stereocenters. The summed E-state index contributed by atoms with van der Waals surface area (Å²) >= 11 is 0. The van der Waals surface area contributed by atoms with Crippen LogP contribution in [-0.2, 0) is 14.3 Å². The van der Waals surface area contributed by atoms with Gasteiger partial charge in [0.2, 0.25) is 0 Å². The maximum atomic E-state index is 12.8. The largest absolute Gasteiger partial charge is 0.488 e. The van der Waals surface area contributed by atoms with Crippen molar-refractivity contribution in [2.75, 3.05) is 32.5 Å². The number of hydrogen-bond donors (Lipinski definition) is 2. The van der Waals surface area contributed by atoms with Gasteiger partial charge in [-0.05, 0) is 69.5 Å². The minimum Gasteiger partial charge on any atom is -0.488 e. The molecule has 0 bridgehead atoms. The molecule has 1 heterocycles. The Morgan fingerprint density at radius 1 is 1.16 bits per heavy atom. The fourth-order valence-corrected chi connectivity index (χ4v) is 4.18. The second-order valence-corrected chi connectivity index (χ2v) is 10.0. The molecule has 1 amide bonds. The molecule has 9 heteroatoms. The van der Waals surface area contributed by atoms with Gasteiger partial charge in [-0.3, -0.25) is 9.89 Å².